The molecule has 0 atom stereocenters. The second-order valence-corrected chi connectivity index (χ2v) is 9.59. The van der Waals surface area contributed by atoms with Crippen molar-refractivity contribution in [1.29, 1.82) is 10.5 Å². The highest BCUT2D eigenvalue weighted by atomic mass is 16.5. The van der Waals surface area contributed by atoms with Crippen molar-refractivity contribution in [2.45, 2.75) is 46.1 Å². The minimum Gasteiger partial charge on any atom is -0.493 e. The third-order valence-electron chi connectivity index (χ3n) is 6.75. The SMILES string of the molecule is [C-]#[N+]C1=C(/C=C/c2c(-c3ccc(CCC(=O)OCC)cc3)c(C)c3ccccn23)C(C)(C)OC1=C(C#N)C#N. The fraction of sp³-hybridized carbons (Fsp3) is 0.250. The van der Waals surface area contributed by atoms with Gasteiger partial charge in [0.2, 0.25) is 5.70 Å². The number of hydrogen-bond acceptors (Lipinski definition) is 5. The molecule has 1 aromatic carbocycles. The lowest BCUT2D eigenvalue weighted by Crippen LogP contribution is -2.20. The zero-order chi connectivity index (χ0) is 28.2. The van der Waals surface area contributed by atoms with E-state index in [9.17, 15) is 15.3 Å². The maximum Gasteiger partial charge on any atom is 0.306 e. The number of aryl methyl sites for hydroxylation is 2. The van der Waals surface area contributed by atoms with Crippen LogP contribution in [0.15, 0.2) is 77.3 Å². The van der Waals surface area contributed by atoms with Crippen molar-refractivity contribution in [3.05, 3.63) is 106 Å². The smallest absolute Gasteiger partial charge is 0.306 e. The summed E-state index contributed by atoms with van der Waals surface area (Å²) < 4.78 is 13.1. The predicted octanol–water partition coefficient (Wildman–Crippen LogP) is 6.71. The molecule has 0 bridgehead atoms. The Morgan fingerprint density at radius 1 is 1.15 bits per heavy atom. The minimum absolute atomic E-state index is 0.0227. The highest BCUT2D eigenvalue weighted by Crippen LogP contribution is 2.42. The molecule has 4 rings (SSSR count). The van der Waals surface area contributed by atoms with Crippen LogP contribution in [0.1, 0.15) is 44.0 Å². The number of pyridine rings is 1. The molecule has 0 amide bonds. The van der Waals surface area contributed by atoms with E-state index in [1.54, 1.807) is 6.92 Å². The zero-order valence-corrected chi connectivity index (χ0v) is 22.4. The summed E-state index contributed by atoms with van der Waals surface area (Å²) in [7, 11) is 0. The Labute approximate surface area is 228 Å². The van der Waals surface area contributed by atoms with E-state index in [0.717, 1.165) is 33.5 Å². The van der Waals surface area contributed by atoms with Gasteiger partial charge in [0.25, 0.3) is 0 Å². The first-order chi connectivity index (χ1) is 18.7. The van der Waals surface area contributed by atoms with Crippen molar-refractivity contribution < 1.29 is 14.3 Å². The molecule has 1 aliphatic rings. The number of allylic oxidation sites excluding steroid dienone is 1. The molecule has 0 saturated heterocycles. The van der Waals surface area contributed by atoms with Gasteiger partial charge in [0.1, 0.15) is 17.7 Å². The van der Waals surface area contributed by atoms with Gasteiger partial charge in [-0.05, 0) is 69.0 Å². The van der Waals surface area contributed by atoms with Crippen LogP contribution in [0.3, 0.4) is 0 Å². The fourth-order valence-corrected chi connectivity index (χ4v) is 4.86. The molecule has 194 valence electrons. The minimum atomic E-state index is -0.895. The van der Waals surface area contributed by atoms with Crippen LogP contribution in [0.5, 0.6) is 0 Å². The van der Waals surface area contributed by atoms with E-state index in [-0.39, 0.29) is 23.0 Å². The number of ether oxygens (including phenoxy) is 2. The van der Waals surface area contributed by atoms with Gasteiger partial charge in [0.15, 0.2) is 11.3 Å². The highest BCUT2D eigenvalue weighted by Gasteiger charge is 2.38. The van der Waals surface area contributed by atoms with Crippen molar-refractivity contribution in [3.63, 3.8) is 0 Å². The molecule has 3 heterocycles. The summed E-state index contributed by atoms with van der Waals surface area (Å²) in [5.74, 6) is -0.181. The monoisotopic (exact) mass is 516 g/mol. The first-order valence-electron chi connectivity index (χ1n) is 12.6. The number of nitrogens with zero attached hydrogens (tertiary/aromatic N) is 4. The van der Waals surface area contributed by atoms with Gasteiger partial charge in [-0.15, -0.1) is 0 Å². The maximum absolute atomic E-state index is 11.8. The largest absolute Gasteiger partial charge is 0.493 e. The Bertz CT molecular complexity index is 1650. The molecule has 0 N–H and O–H groups in total. The van der Waals surface area contributed by atoms with Crippen molar-refractivity contribution in [1.82, 2.24) is 4.40 Å². The maximum atomic E-state index is 11.8. The highest BCUT2D eigenvalue weighted by molar-refractivity contribution is 5.85. The van der Waals surface area contributed by atoms with Gasteiger partial charge in [-0.25, -0.2) is 4.85 Å². The number of hydrogen-bond donors (Lipinski definition) is 0. The molecule has 0 spiro atoms. The number of fused-ring (bicyclic) bond motifs is 1. The lowest BCUT2D eigenvalue weighted by Gasteiger charge is -2.21. The molecule has 0 unspecified atom stereocenters. The third-order valence-corrected chi connectivity index (χ3v) is 6.75. The number of carbonyl (C=O) groups is 1. The van der Waals surface area contributed by atoms with E-state index < -0.39 is 5.60 Å². The lowest BCUT2D eigenvalue weighted by atomic mass is 9.95. The van der Waals surface area contributed by atoms with Gasteiger partial charge < -0.3 is 13.9 Å². The number of rotatable bonds is 7. The fourth-order valence-electron chi connectivity index (χ4n) is 4.86. The summed E-state index contributed by atoms with van der Waals surface area (Å²) >= 11 is 0. The Morgan fingerprint density at radius 2 is 1.87 bits per heavy atom. The van der Waals surface area contributed by atoms with Crippen LogP contribution in [-0.4, -0.2) is 22.6 Å². The number of esters is 1. The summed E-state index contributed by atoms with van der Waals surface area (Å²) in [5.41, 5.74) is 5.84. The van der Waals surface area contributed by atoms with E-state index >= 15 is 0 Å². The molecule has 3 aromatic rings. The molecular weight excluding hydrogens is 488 g/mol. The van der Waals surface area contributed by atoms with E-state index in [0.29, 0.717) is 25.0 Å². The van der Waals surface area contributed by atoms with Crippen LogP contribution in [0.4, 0.5) is 0 Å². The van der Waals surface area contributed by atoms with Crippen LogP contribution < -0.4 is 0 Å². The van der Waals surface area contributed by atoms with Crippen LogP contribution in [0.2, 0.25) is 0 Å². The van der Waals surface area contributed by atoms with Crippen LogP contribution in [-0.2, 0) is 20.7 Å². The molecule has 7 nitrogen and oxygen atoms in total. The van der Waals surface area contributed by atoms with Crippen molar-refractivity contribution in [2.75, 3.05) is 6.61 Å². The van der Waals surface area contributed by atoms with E-state index in [1.807, 2.05) is 68.6 Å². The molecule has 0 fully saturated rings. The average Bonchev–Trinajstić information content (AvgIpc) is 3.36. The summed E-state index contributed by atoms with van der Waals surface area (Å²) in [5, 5.41) is 18.7. The second-order valence-electron chi connectivity index (χ2n) is 9.59. The lowest BCUT2D eigenvalue weighted by molar-refractivity contribution is -0.143. The molecule has 0 radical (unpaired) electrons. The van der Waals surface area contributed by atoms with Crippen molar-refractivity contribution in [3.8, 4) is 23.3 Å². The number of nitriles is 2. The molecular formula is C32H28N4O3. The summed E-state index contributed by atoms with van der Waals surface area (Å²) in [6, 6.07) is 17.9. The molecule has 2 aromatic heterocycles. The van der Waals surface area contributed by atoms with Crippen LogP contribution in [0.25, 0.3) is 27.6 Å². The zero-order valence-electron chi connectivity index (χ0n) is 22.4. The average molecular weight is 517 g/mol. The Morgan fingerprint density at radius 3 is 2.51 bits per heavy atom. The number of benzene rings is 1. The van der Waals surface area contributed by atoms with E-state index in [2.05, 4.69) is 34.4 Å². The summed E-state index contributed by atoms with van der Waals surface area (Å²) in [4.78, 5) is 15.4. The van der Waals surface area contributed by atoms with Gasteiger partial charge in [-0.2, -0.15) is 10.5 Å². The molecule has 0 saturated carbocycles. The number of aromatic nitrogens is 1. The van der Waals surface area contributed by atoms with Gasteiger partial charge in [0, 0.05) is 29.3 Å². The van der Waals surface area contributed by atoms with Crippen molar-refractivity contribution >= 4 is 17.6 Å². The van der Waals surface area contributed by atoms with Crippen LogP contribution >= 0.6 is 0 Å². The number of carbonyl (C=O) groups excluding carboxylic acids is 1. The van der Waals surface area contributed by atoms with Crippen molar-refractivity contribution in [2.24, 2.45) is 0 Å². The topological polar surface area (TPSA) is 91.9 Å². The third kappa shape index (κ3) is 5.19. The molecule has 1 aliphatic heterocycles. The summed E-state index contributed by atoms with van der Waals surface area (Å²) in [6.07, 6.45) is 6.74. The van der Waals surface area contributed by atoms with Gasteiger partial charge in [0.05, 0.1) is 18.9 Å². The summed E-state index contributed by atoms with van der Waals surface area (Å²) in [6.45, 7) is 15.6. The molecule has 0 aliphatic carbocycles. The normalized spacial score (nSPS) is 14.1. The first kappa shape index (κ1) is 27.0. The Kier molecular flexibility index (Phi) is 7.70. The Balaban J connectivity index is 1.80. The second kappa shape index (κ2) is 11.1. The van der Waals surface area contributed by atoms with Gasteiger partial charge in [-0.1, -0.05) is 36.4 Å². The molecule has 39 heavy (non-hydrogen) atoms. The van der Waals surface area contributed by atoms with Gasteiger partial charge >= 0.3 is 5.97 Å². The van der Waals surface area contributed by atoms with E-state index in [1.165, 1.54) is 0 Å². The van der Waals surface area contributed by atoms with Gasteiger partial charge in [-0.3, -0.25) is 4.79 Å². The quantitative estimate of drug-likeness (QED) is 0.198. The Hall–Kier alpha value is -5.06. The molecule has 7 heteroatoms. The first-order valence-corrected chi connectivity index (χ1v) is 12.6. The van der Waals surface area contributed by atoms with Crippen LogP contribution in [0, 0.1) is 36.2 Å². The predicted molar refractivity (Wildman–Crippen MR) is 149 cm³/mol. The standard InChI is InChI=1S/C32H28N4O3/c1-6-38-28(37)17-12-22-10-13-23(14-11-22)29-21(2)26-9-7-8-18-36(26)27(29)16-15-25-30(35-5)31(24(19-33)20-34)39-32(25,3)4/h7-11,13-16,18H,6,12,17H2,1-4H3/b16-15+. The van der Waals surface area contributed by atoms with E-state index in [4.69, 9.17) is 16.0 Å².